The summed E-state index contributed by atoms with van der Waals surface area (Å²) in [6, 6.07) is 10.8. The van der Waals surface area contributed by atoms with Crippen LogP contribution in [0.1, 0.15) is 24.8 Å². The van der Waals surface area contributed by atoms with Gasteiger partial charge in [-0.25, -0.2) is 0 Å². The average Bonchev–Trinajstić information content (AvgIpc) is 2.66. The molecular weight excluding hydrogens is 334 g/mol. The zero-order chi connectivity index (χ0) is 17.2. The number of morpholine rings is 1. The van der Waals surface area contributed by atoms with Crippen LogP contribution in [-0.2, 0) is 16.1 Å². The van der Waals surface area contributed by atoms with Gasteiger partial charge in [0.2, 0.25) is 5.91 Å². The Hall–Kier alpha value is -1.50. The number of carbonyl (C=O) groups excluding carboxylic acids is 1. The number of nitrogens with zero attached hydrogens (tertiary/aromatic N) is 2. The maximum atomic E-state index is 13.2. The smallest absolute Gasteiger partial charge is 0.234 e. The van der Waals surface area contributed by atoms with E-state index in [1.165, 1.54) is 0 Å². The van der Waals surface area contributed by atoms with Gasteiger partial charge >= 0.3 is 0 Å². The number of nitrogens with one attached hydrogen (secondary N) is 1. The molecule has 1 N–H and O–H groups in total. The number of ether oxygens (including phenoxy) is 1. The van der Waals surface area contributed by atoms with Crippen molar-refractivity contribution in [3.8, 4) is 0 Å². The third-order valence-electron chi connectivity index (χ3n) is 5.71. The van der Waals surface area contributed by atoms with E-state index in [0.29, 0.717) is 17.7 Å². The highest BCUT2D eigenvalue weighted by Crippen LogP contribution is 2.33. The highest BCUT2D eigenvalue weighted by Gasteiger charge is 2.44. The molecule has 134 valence electrons. The van der Waals surface area contributed by atoms with Crippen LogP contribution in [-0.4, -0.2) is 59.2 Å². The molecular formula is C19H25N3O2S. The van der Waals surface area contributed by atoms with Gasteiger partial charge in [-0.2, -0.15) is 0 Å². The van der Waals surface area contributed by atoms with Crippen LogP contribution in [0, 0.1) is 5.92 Å². The number of thiocarbonyl (C=S) groups is 1. The van der Waals surface area contributed by atoms with Crippen molar-refractivity contribution in [3.05, 3.63) is 35.9 Å². The fourth-order valence-corrected chi connectivity index (χ4v) is 4.63. The Bertz CT molecular complexity index is 633. The first kappa shape index (κ1) is 16.9. The van der Waals surface area contributed by atoms with Crippen LogP contribution in [0.3, 0.4) is 0 Å². The zero-order valence-electron chi connectivity index (χ0n) is 14.4. The van der Waals surface area contributed by atoms with Gasteiger partial charge in [0.15, 0.2) is 5.11 Å². The quantitative estimate of drug-likeness (QED) is 0.834. The van der Waals surface area contributed by atoms with E-state index in [9.17, 15) is 4.79 Å². The van der Waals surface area contributed by atoms with Gasteiger partial charge in [0.25, 0.3) is 0 Å². The van der Waals surface area contributed by atoms with E-state index in [1.54, 1.807) is 4.90 Å². The highest BCUT2D eigenvalue weighted by molar-refractivity contribution is 7.80. The monoisotopic (exact) mass is 359 g/mol. The Labute approximate surface area is 154 Å². The van der Waals surface area contributed by atoms with Crippen LogP contribution in [0.25, 0.3) is 0 Å². The molecule has 6 heteroatoms. The van der Waals surface area contributed by atoms with Gasteiger partial charge in [-0.1, -0.05) is 30.3 Å². The van der Waals surface area contributed by atoms with Crippen molar-refractivity contribution < 1.29 is 9.53 Å². The maximum absolute atomic E-state index is 13.2. The average molecular weight is 359 g/mol. The number of rotatable bonds is 3. The van der Waals surface area contributed by atoms with Gasteiger partial charge in [-0.15, -0.1) is 0 Å². The molecule has 25 heavy (non-hydrogen) atoms. The number of fused-ring (bicyclic) bond motifs is 1. The van der Waals surface area contributed by atoms with Crippen molar-refractivity contribution in [1.82, 2.24) is 15.1 Å². The van der Waals surface area contributed by atoms with Crippen molar-refractivity contribution >= 4 is 23.2 Å². The number of amides is 1. The number of benzene rings is 1. The van der Waals surface area contributed by atoms with Crippen LogP contribution in [0.15, 0.2) is 30.3 Å². The largest absolute Gasteiger partial charge is 0.379 e. The first-order valence-electron chi connectivity index (χ1n) is 9.20. The molecule has 1 saturated carbocycles. The second kappa shape index (κ2) is 7.40. The second-order valence-corrected chi connectivity index (χ2v) is 7.57. The standard InChI is InChI=1S/C19H25N3O2S/c23-18-16-12-15(21-8-10-24-11-9-21)6-7-17(16)20-19(25)22(18)13-14-4-2-1-3-5-14/h1-5,15-17H,6-13H2,(H,20,25). The molecule has 3 aliphatic rings. The van der Waals surface area contributed by atoms with Crippen molar-refractivity contribution in [3.63, 3.8) is 0 Å². The van der Waals surface area contributed by atoms with Crippen LogP contribution in [0.2, 0.25) is 0 Å². The van der Waals surface area contributed by atoms with Crippen LogP contribution in [0.5, 0.6) is 0 Å². The van der Waals surface area contributed by atoms with Crippen LogP contribution >= 0.6 is 12.2 Å². The van der Waals surface area contributed by atoms with Gasteiger partial charge in [-0.3, -0.25) is 14.6 Å². The molecule has 1 aromatic carbocycles. The molecule has 0 aromatic heterocycles. The lowest BCUT2D eigenvalue weighted by molar-refractivity contribution is -0.136. The number of hydrogen-bond donors (Lipinski definition) is 1. The minimum atomic E-state index is 0.0250. The van der Waals surface area contributed by atoms with Crippen LogP contribution in [0.4, 0.5) is 0 Å². The molecule has 2 heterocycles. The molecule has 2 saturated heterocycles. The van der Waals surface area contributed by atoms with E-state index in [-0.39, 0.29) is 17.9 Å². The molecule has 3 unspecified atom stereocenters. The van der Waals surface area contributed by atoms with Gasteiger partial charge in [0.05, 0.1) is 25.7 Å². The first-order chi connectivity index (χ1) is 12.2. The SMILES string of the molecule is O=C1C2CC(N3CCOCC3)CCC2NC(=S)N1Cc1ccccc1. The van der Waals surface area contributed by atoms with Gasteiger partial charge in [0, 0.05) is 25.2 Å². The molecule has 1 aromatic rings. The molecule has 0 radical (unpaired) electrons. The zero-order valence-corrected chi connectivity index (χ0v) is 15.2. The summed E-state index contributed by atoms with van der Waals surface area (Å²) in [5.74, 6) is 0.215. The minimum Gasteiger partial charge on any atom is -0.379 e. The second-order valence-electron chi connectivity index (χ2n) is 7.19. The van der Waals surface area contributed by atoms with Crippen molar-refractivity contribution in [2.75, 3.05) is 26.3 Å². The first-order valence-corrected chi connectivity index (χ1v) is 9.61. The summed E-state index contributed by atoms with van der Waals surface area (Å²) in [6.07, 6.45) is 3.06. The van der Waals surface area contributed by atoms with E-state index < -0.39 is 0 Å². The molecule has 0 bridgehead atoms. The van der Waals surface area contributed by atoms with E-state index in [0.717, 1.165) is 51.1 Å². The Morgan fingerprint density at radius 1 is 1.16 bits per heavy atom. The Balaban J connectivity index is 1.46. The van der Waals surface area contributed by atoms with Gasteiger partial charge in [-0.05, 0) is 37.0 Å². The van der Waals surface area contributed by atoms with E-state index in [1.807, 2.05) is 30.3 Å². The third-order valence-corrected chi connectivity index (χ3v) is 6.04. The molecule has 4 rings (SSSR count). The Morgan fingerprint density at radius 2 is 1.92 bits per heavy atom. The Kier molecular flexibility index (Phi) is 5.01. The molecule has 1 aliphatic carbocycles. The summed E-state index contributed by atoms with van der Waals surface area (Å²) in [5.41, 5.74) is 1.11. The predicted octanol–water partition coefficient (Wildman–Crippen LogP) is 1.77. The molecule has 0 spiro atoms. The summed E-state index contributed by atoms with van der Waals surface area (Å²) in [4.78, 5) is 17.4. The topological polar surface area (TPSA) is 44.8 Å². The molecule has 3 atom stereocenters. The lowest BCUT2D eigenvalue weighted by atomic mass is 9.79. The molecule has 2 aliphatic heterocycles. The normalized spacial score (nSPS) is 30.7. The van der Waals surface area contributed by atoms with Gasteiger partial charge in [0.1, 0.15) is 0 Å². The molecule has 1 amide bonds. The van der Waals surface area contributed by atoms with Crippen LogP contribution < -0.4 is 5.32 Å². The maximum Gasteiger partial charge on any atom is 0.234 e. The number of hydrogen-bond acceptors (Lipinski definition) is 4. The number of carbonyl (C=O) groups is 1. The predicted molar refractivity (Wildman–Crippen MR) is 100 cm³/mol. The van der Waals surface area contributed by atoms with Gasteiger partial charge < -0.3 is 10.1 Å². The summed E-state index contributed by atoms with van der Waals surface area (Å²) in [7, 11) is 0. The fraction of sp³-hybridized carbons (Fsp3) is 0.579. The lowest BCUT2D eigenvalue weighted by Gasteiger charge is -2.46. The minimum absolute atomic E-state index is 0.0250. The van der Waals surface area contributed by atoms with E-state index >= 15 is 0 Å². The summed E-state index contributed by atoms with van der Waals surface area (Å²) in [6.45, 7) is 4.13. The summed E-state index contributed by atoms with van der Waals surface area (Å²) >= 11 is 5.49. The lowest BCUT2D eigenvalue weighted by Crippen LogP contribution is -2.62. The molecule has 3 fully saturated rings. The Morgan fingerprint density at radius 3 is 2.68 bits per heavy atom. The van der Waals surface area contributed by atoms with E-state index in [4.69, 9.17) is 17.0 Å². The third kappa shape index (κ3) is 3.57. The van der Waals surface area contributed by atoms with Crippen molar-refractivity contribution in [1.29, 1.82) is 0 Å². The summed E-state index contributed by atoms with van der Waals surface area (Å²) in [5, 5.41) is 4.02. The molecule has 5 nitrogen and oxygen atoms in total. The van der Waals surface area contributed by atoms with Crippen molar-refractivity contribution in [2.45, 2.75) is 37.9 Å². The van der Waals surface area contributed by atoms with Crippen molar-refractivity contribution in [2.24, 2.45) is 5.92 Å². The highest BCUT2D eigenvalue weighted by atomic mass is 32.1. The fourth-order valence-electron chi connectivity index (χ4n) is 4.32. The summed E-state index contributed by atoms with van der Waals surface area (Å²) < 4.78 is 5.47. The van der Waals surface area contributed by atoms with E-state index in [2.05, 4.69) is 10.2 Å².